The summed E-state index contributed by atoms with van der Waals surface area (Å²) in [6.45, 7) is 5.97. The van der Waals surface area contributed by atoms with Crippen molar-refractivity contribution in [3.8, 4) is 5.75 Å². The lowest BCUT2D eigenvalue weighted by atomic mass is 10.1. The molecule has 2 atom stereocenters. The first-order chi connectivity index (χ1) is 14.4. The molecule has 0 aliphatic carbocycles. The fourth-order valence-electron chi connectivity index (χ4n) is 4.00. The predicted molar refractivity (Wildman–Crippen MR) is 120 cm³/mol. The van der Waals surface area contributed by atoms with Crippen LogP contribution in [0.3, 0.4) is 0 Å². The summed E-state index contributed by atoms with van der Waals surface area (Å²) >= 11 is 0. The normalized spacial score (nSPS) is 19.6. The number of methoxy groups -OCH3 is 1. The Morgan fingerprint density at radius 2 is 1.83 bits per heavy atom. The second-order valence-corrected chi connectivity index (χ2v) is 9.35. The second-order valence-electron chi connectivity index (χ2n) is 7.70. The maximum atomic E-state index is 13.2. The molecule has 0 bridgehead atoms. The third-order valence-electron chi connectivity index (χ3n) is 5.24. The maximum Gasteiger partial charge on any atom is 0.264 e. The molecule has 0 saturated carbocycles. The van der Waals surface area contributed by atoms with Crippen LogP contribution in [0.1, 0.15) is 13.8 Å². The van der Waals surface area contributed by atoms with Gasteiger partial charge < -0.3 is 15.0 Å². The van der Waals surface area contributed by atoms with Crippen molar-refractivity contribution in [3.05, 3.63) is 54.7 Å². The molecule has 1 fully saturated rings. The molecule has 2 aromatic carbocycles. The minimum Gasteiger partial charge on any atom is -0.495 e. The van der Waals surface area contributed by atoms with Gasteiger partial charge in [0.15, 0.2) is 0 Å². The number of para-hydroxylation sites is 1. The fourth-order valence-corrected chi connectivity index (χ4v) is 5.24. The highest BCUT2D eigenvalue weighted by molar-refractivity contribution is 7.93. The Hall–Kier alpha value is -2.84. The van der Waals surface area contributed by atoms with Crippen LogP contribution in [0, 0.1) is 0 Å². The molecule has 4 rings (SSSR count). The van der Waals surface area contributed by atoms with Crippen LogP contribution in [-0.4, -0.2) is 45.7 Å². The number of sulfonamides is 1. The molecule has 158 valence electrons. The molecule has 1 saturated heterocycles. The minimum absolute atomic E-state index is 0.137. The lowest BCUT2D eigenvalue weighted by molar-refractivity contribution is 0.406. The van der Waals surface area contributed by atoms with Crippen LogP contribution in [0.15, 0.2) is 59.6 Å². The first-order valence-corrected chi connectivity index (χ1v) is 11.4. The van der Waals surface area contributed by atoms with Crippen molar-refractivity contribution in [2.75, 3.05) is 29.8 Å². The van der Waals surface area contributed by atoms with E-state index in [0.29, 0.717) is 29.0 Å². The number of rotatable bonds is 5. The summed E-state index contributed by atoms with van der Waals surface area (Å²) in [5.74, 6) is 0.465. The Kier molecular flexibility index (Phi) is 5.53. The summed E-state index contributed by atoms with van der Waals surface area (Å²) in [6.07, 6.45) is 1.59. The summed E-state index contributed by atoms with van der Waals surface area (Å²) in [5, 5.41) is 4.28. The Morgan fingerprint density at radius 1 is 1.10 bits per heavy atom. The van der Waals surface area contributed by atoms with Gasteiger partial charge in [-0.05, 0) is 44.2 Å². The molecule has 2 unspecified atom stereocenters. The summed E-state index contributed by atoms with van der Waals surface area (Å²) in [5.41, 5.74) is 1.79. The molecule has 0 amide bonds. The van der Waals surface area contributed by atoms with Gasteiger partial charge in [0.1, 0.15) is 10.6 Å². The van der Waals surface area contributed by atoms with Gasteiger partial charge in [0.2, 0.25) is 0 Å². The molecule has 8 heteroatoms. The van der Waals surface area contributed by atoms with Crippen LogP contribution in [0.4, 0.5) is 11.4 Å². The fraction of sp³-hybridized carbons (Fsp3) is 0.318. The van der Waals surface area contributed by atoms with E-state index in [9.17, 15) is 8.42 Å². The smallest absolute Gasteiger partial charge is 0.264 e. The van der Waals surface area contributed by atoms with Gasteiger partial charge >= 0.3 is 0 Å². The zero-order chi connectivity index (χ0) is 21.3. The number of ether oxygens (including phenoxy) is 1. The second kappa shape index (κ2) is 8.12. The third-order valence-corrected chi connectivity index (χ3v) is 6.63. The van der Waals surface area contributed by atoms with Crippen LogP contribution >= 0.6 is 0 Å². The van der Waals surface area contributed by atoms with Gasteiger partial charge in [-0.3, -0.25) is 9.71 Å². The first kappa shape index (κ1) is 20.4. The van der Waals surface area contributed by atoms with Crippen LogP contribution in [0.25, 0.3) is 10.9 Å². The summed E-state index contributed by atoms with van der Waals surface area (Å²) in [6, 6.07) is 15.0. The van der Waals surface area contributed by atoms with Gasteiger partial charge in [-0.25, -0.2) is 8.42 Å². The maximum absolute atomic E-state index is 13.2. The Labute approximate surface area is 177 Å². The molecule has 7 nitrogen and oxygen atoms in total. The number of nitrogens with one attached hydrogen (secondary N) is 2. The number of anilines is 2. The Bertz CT molecular complexity index is 1150. The zero-order valence-electron chi connectivity index (χ0n) is 17.3. The molecule has 0 radical (unpaired) electrons. The molecule has 2 heterocycles. The van der Waals surface area contributed by atoms with Crippen LogP contribution in [0.2, 0.25) is 0 Å². The lowest BCUT2D eigenvalue weighted by Crippen LogP contribution is -2.54. The number of fused-ring (bicyclic) bond motifs is 1. The van der Waals surface area contributed by atoms with Crippen molar-refractivity contribution in [1.82, 2.24) is 10.3 Å². The lowest BCUT2D eigenvalue weighted by Gasteiger charge is -2.38. The molecule has 30 heavy (non-hydrogen) atoms. The summed E-state index contributed by atoms with van der Waals surface area (Å²) in [4.78, 5) is 6.66. The molecular weight excluding hydrogens is 400 g/mol. The average molecular weight is 427 g/mol. The van der Waals surface area contributed by atoms with Crippen LogP contribution in [0.5, 0.6) is 5.75 Å². The number of hydrogen-bond acceptors (Lipinski definition) is 6. The van der Waals surface area contributed by atoms with Crippen LogP contribution < -0.4 is 19.7 Å². The highest BCUT2D eigenvalue weighted by Crippen LogP contribution is 2.33. The molecule has 1 aliphatic heterocycles. The molecule has 3 aromatic rings. The topological polar surface area (TPSA) is 83.6 Å². The van der Waals surface area contributed by atoms with E-state index >= 15 is 0 Å². The van der Waals surface area contributed by atoms with E-state index in [4.69, 9.17) is 4.74 Å². The van der Waals surface area contributed by atoms with Gasteiger partial charge in [0.05, 0.1) is 18.3 Å². The van der Waals surface area contributed by atoms with Gasteiger partial charge in [-0.2, -0.15) is 0 Å². The van der Waals surface area contributed by atoms with Crippen molar-refractivity contribution < 1.29 is 13.2 Å². The number of piperazine rings is 1. The average Bonchev–Trinajstić information content (AvgIpc) is 2.72. The standard InChI is InChI=1S/C22H26N4O3S/c1-15-13-26(14-16(2)24-15)18-9-10-20(29-3)19(12-18)25-30(27,28)21-8-4-6-17-7-5-11-23-22(17)21/h4-12,15-16,24-25H,13-14H2,1-3H3. The Balaban J connectivity index is 1.71. The van der Waals surface area contributed by atoms with E-state index in [0.717, 1.165) is 24.2 Å². The highest BCUT2D eigenvalue weighted by Gasteiger charge is 2.24. The quantitative estimate of drug-likeness (QED) is 0.652. The highest BCUT2D eigenvalue weighted by atomic mass is 32.2. The van der Waals surface area contributed by atoms with E-state index < -0.39 is 10.0 Å². The number of hydrogen-bond donors (Lipinski definition) is 2. The number of pyridine rings is 1. The number of nitrogens with zero attached hydrogens (tertiary/aromatic N) is 2. The SMILES string of the molecule is COc1ccc(N2CC(C)NC(C)C2)cc1NS(=O)(=O)c1cccc2cccnc12. The van der Waals surface area contributed by atoms with E-state index in [1.54, 1.807) is 30.5 Å². The third kappa shape index (κ3) is 4.06. The minimum atomic E-state index is -3.86. The van der Waals surface area contributed by atoms with Crippen molar-refractivity contribution in [2.24, 2.45) is 0 Å². The predicted octanol–water partition coefficient (Wildman–Crippen LogP) is 3.23. The number of benzene rings is 2. The first-order valence-electron chi connectivity index (χ1n) is 9.93. The zero-order valence-corrected chi connectivity index (χ0v) is 18.1. The molecule has 1 aromatic heterocycles. The molecule has 2 N–H and O–H groups in total. The molecular formula is C22H26N4O3S. The molecule has 0 spiro atoms. The Morgan fingerprint density at radius 3 is 2.57 bits per heavy atom. The van der Waals surface area contributed by atoms with Crippen LogP contribution in [-0.2, 0) is 10.0 Å². The number of aromatic nitrogens is 1. The summed E-state index contributed by atoms with van der Waals surface area (Å²) < 4.78 is 34.6. The van der Waals surface area contributed by atoms with Gasteiger partial charge in [0, 0.05) is 42.4 Å². The van der Waals surface area contributed by atoms with Crippen molar-refractivity contribution in [1.29, 1.82) is 0 Å². The van der Waals surface area contributed by atoms with Gasteiger partial charge in [0.25, 0.3) is 10.0 Å². The van der Waals surface area contributed by atoms with E-state index in [1.807, 2.05) is 24.3 Å². The van der Waals surface area contributed by atoms with E-state index in [1.165, 1.54) is 7.11 Å². The van der Waals surface area contributed by atoms with E-state index in [2.05, 4.69) is 33.8 Å². The van der Waals surface area contributed by atoms with Crippen molar-refractivity contribution in [3.63, 3.8) is 0 Å². The van der Waals surface area contributed by atoms with E-state index in [-0.39, 0.29) is 4.90 Å². The van der Waals surface area contributed by atoms with Crippen molar-refractivity contribution in [2.45, 2.75) is 30.8 Å². The molecule has 1 aliphatic rings. The van der Waals surface area contributed by atoms with Gasteiger partial charge in [-0.15, -0.1) is 0 Å². The largest absolute Gasteiger partial charge is 0.495 e. The monoisotopic (exact) mass is 426 g/mol. The summed E-state index contributed by atoms with van der Waals surface area (Å²) in [7, 11) is -2.34. The van der Waals surface area contributed by atoms with Crippen molar-refractivity contribution >= 4 is 32.3 Å². The van der Waals surface area contributed by atoms with Gasteiger partial charge in [-0.1, -0.05) is 18.2 Å².